The van der Waals surface area contributed by atoms with Crippen molar-refractivity contribution in [1.82, 2.24) is 50.4 Å². The Bertz CT molecular complexity index is 2220. The molecule has 2 aliphatic heterocycles. The van der Waals surface area contributed by atoms with E-state index >= 15 is 0 Å². The molecule has 0 saturated carbocycles. The van der Waals surface area contributed by atoms with Gasteiger partial charge in [0.2, 0.25) is 11.8 Å². The Hall–Kier alpha value is -6.21. The third-order valence-corrected chi connectivity index (χ3v) is 9.99. The number of nitrogens with one attached hydrogen (secondary N) is 3. The summed E-state index contributed by atoms with van der Waals surface area (Å²) in [6.45, 7) is 1.60. The lowest BCUT2D eigenvalue weighted by atomic mass is 9.91. The normalized spacial score (nSPS) is 20.9. The van der Waals surface area contributed by atoms with Gasteiger partial charge in [-0.1, -0.05) is 72.8 Å². The molecule has 18 heteroatoms. The van der Waals surface area contributed by atoms with Gasteiger partial charge in [0.15, 0.2) is 29.3 Å². The van der Waals surface area contributed by atoms with Crippen LogP contribution in [0.3, 0.4) is 0 Å². The van der Waals surface area contributed by atoms with Crippen molar-refractivity contribution < 1.29 is 30.0 Å². The van der Waals surface area contributed by atoms with Crippen LogP contribution < -0.4 is 20.9 Å². The fourth-order valence-corrected chi connectivity index (χ4v) is 7.15. The van der Waals surface area contributed by atoms with E-state index in [1.807, 2.05) is 47.4 Å². The molecule has 3 aromatic heterocycles. The van der Waals surface area contributed by atoms with Gasteiger partial charge in [0.05, 0.1) is 19.5 Å². The van der Waals surface area contributed by atoms with E-state index in [2.05, 4.69) is 60.6 Å². The van der Waals surface area contributed by atoms with Gasteiger partial charge in [-0.3, -0.25) is 4.57 Å². The number of carbonyl (C=O) groups excluding carboxylic acids is 1. The maximum absolute atomic E-state index is 12.9. The minimum atomic E-state index is -1.41. The number of tetrazole rings is 1. The summed E-state index contributed by atoms with van der Waals surface area (Å²) in [4.78, 5) is 30.6. The number of ether oxygens (including phenoxy) is 1. The number of aliphatic hydroxyl groups excluding tert-OH is 3. The van der Waals surface area contributed by atoms with E-state index in [0.717, 1.165) is 16.7 Å². The summed E-state index contributed by atoms with van der Waals surface area (Å²) < 4.78 is 7.74. The third kappa shape index (κ3) is 7.80. The summed E-state index contributed by atoms with van der Waals surface area (Å²) in [5.41, 5.74) is 3.78. The highest BCUT2D eigenvalue weighted by atomic mass is 16.6. The van der Waals surface area contributed by atoms with Crippen LogP contribution >= 0.6 is 0 Å². The van der Waals surface area contributed by atoms with E-state index in [1.54, 1.807) is 22.8 Å². The molecule has 5 heterocycles. The number of aliphatic hydroxyl groups is 3. The molecule has 2 aliphatic rings. The van der Waals surface area contributed by atoms with Gasteiger partial charge in [-0.05, 0) is 40.5 Å². The smallest absolute Gasteiger partial charge is 0.315 e. The van der Waals surface area contributed by atoms with Crippen molar-refractivity contribution in [1.29, 1.82) is 0 Å². The molecular weight excluding hydrogens is 720 g/mol. The van der Waals surface area contributed by atoms with Crippen LogP contribution in [0.4, 0.5) is 16.6 Å². The number of nitrogens with zero attached hydrogens (tertiary/aromatic N) is 9. The van der Waals surface area contributed by atoms with Crippen LogP contribution in [0, 0.1) is 0 Å². The number of urea groups is 1. The molecule has 7 N–H and O–H groups in total. The van der Waals surface area contributed by atoms with Gasteiger partial charge in [-0.15, -0.1) is 10.2 Å². The van der Waals surface area contributed by atoms with Gasteiger partial charge in [-0.2, -0.15) is 14.8 Å². The number of fused-ring (bicyclic) bond motifs is 1. The first-order valence-corrected chi connectivity index (χ1v) is 18.4. The van der Waals surface area contributed by atoms with Crippen molar-refractivity contribution in [2.45, 2.75) is 56.0 Å². The number of imidazole rings is 1. The van der Waals surface area contributed by atoms with Gasteiger partial charge in [0.1, 0.15) is 18.0 Å². The van der Waals surface area contributed by atoms with Crippen LogP contribution in [0.25, 0.3) is 11.2 Å². The highest BCUT2D eigenvalue weighted by molar-refractivity contribution is 5.84. The fraction of sp³-hybridized carbons (Fsp3) is 0.342. The van der Waals surface area contributed by atoms with Crippen LogP contribution in [0.15, 0.2) is 91.3 Å². The van der Waals surface area contributed by atoms with Crippen LogP contribution in [0.2, 0.25) is 0 Å². The van der Waals surface area contributed by atoms with Crippen LogP contribution in [-0.2, 0) is 17.8 Å². The SMILES string of the molecule is O=C(NCc1cccc(O)c1)NC1CCN(c2nc(NCC(c3ccccc3)c3ccccc3)c3ncn([C@@H]4O[C@H](c5nnn(CCO)n5)[C@@H](O)[C@H]4O)c3n2)C1. The van der Waals surface area contributed by atoms with Crippen molar-refractivity contribution in [2.24, 2.45) is 0 Å². The molecule has 0 aliphatic carbocycles. The van der Waals surface area contributed by atoms with Crippen LogP contribution in [-0.4, -0.2) is 111 Å². The Morgan fingerprint density at radius 2 is 1.73 bits per heavy atom. The van der Waals surface area contributed by atoms with Crippen molar-refractivity contribution in [3.05, 3.63) is 114 Å². The lowest BCUT2D eigenvalue weighted by Crippen LogP contribution is -2.43. The summed E-state index contributed by atoms with van der Waals surface area (Å²) in [7, 11) is 0. The number of benzene rings is 3. The van der Waals surface area contributed by atoms with E-state index in [-0.39, 0.29) is 49.3 Å². The van der Waals surface area contributed by atoms with E-state index in [1.165, 1.54) is 11.1 Å². The molecule has 5 atom stereocenters. The van der Waals surface area contributed by atoms with Gasteiger partial charge < -0.3 is 46.0 Å². The number of aromatic hydroxyl groups is 1. The van der Waals surface area contributed by atoms with Crippen LogP contribution in [0.5, 0.6) is 5.75 Å². The quantitative estimate of drug-likeness (QED) is 0.0890. The third-order valence-electron chi connectivity index (χ3n) is 9.99. The number of carbonyl (C=O) groups is 1. The number of phenolic OH excluding ortho intramolecular Hbond substituents is 1. The number of hydrogen-bond acceptors (Lipinski definition) is 14. The minimum Gasteiger partial charge on any atom is -0.508 e. The fourth-order valence-electron chi connectivity index (χ4n) is 7.15. The second-order valence-corrected chi connectivity index (χ2v) is 13.8. The molecule has 2 fully saturated rings. The standard InChI is InChI=1S/C38H42N12O6/c51-17-16-50-46-34(45-47-50)32-30(53)31(54)36(56-32)49-22-41-29-33(39-20-28(24-9-3-1-4-10-24)25-11-5-2-6-12-25)43-37(44-35(29)49)48-15-14-26(21-48)42-38(55)40-19-23-8-7-13-27(52)18-23/h1-13,18,22,26,28,30-32,36,51-54H,14-17,19-21H2,(H,39,43,44)(H2,40,42,55)/t26?,30-,31+,32-,36+/m0/s1. The summed E-state index contributed by atoms with van der Waals surface area (Å²) in [6.07, 6.45) is -2.91. The van der Waals surface area contributed by atoms with Gasteiger partial charge >= 0.3 is 6.03 Å². The van der Waals surface area contributed by atoms with E-state index in [9.17, 15) is 25.2 Å². The molecule has 290 valence electrons. The van der Waals surface area contributed by atoms with Gasteiger partial charge in [-0.25, -0.2) is 9.78 Å². The van der Waals surface area contributed by atoms with Crippen molar-refractivity contribution >= 4 is 29.0 Å². The molecule has 0 radical (unpaired) electrons. The van der Waals surface area contributed by atoms with Crippen molar-refractivity contribution in [3.8, 4) is 5.75 Å². The average molecular weight is 763 g/mol. The Balaban J connectivity index is 1.07. The summed E-state index contributed by atoms with van der Waals surface area (Å²) >= 11 is 0. The lowest BCUT2D eigenvalue weighted by Gasteiger charge is -2.22. The van der Waals surface area contributed by atoms with Crippen molar-refractivity contribution in [3.63, 3.8) is 0 Å². The summed E-state index contributed by atoms with van der Waals surface area (Å²) in [5, 5.41) is 62.9. The Kier molecular flexibility index (Phi) is 10.7. The number of phenols is 1. The predicted octanol–water partition coefficient (Wildman–Crippen LogP) is 1.82. The van der Waals surface area contributed by atoms with Gasteiger partial charge in [0.25, 0.3) is 0 Å². The minimum absolute atomic E-state index is 0.0330. The number of amides is 2. The molecule has 8 rings (SSSR count). The molecule has 18 nitrogen and oxygen atoms in total. The zero-order chi connectivity index (χ0) is 38.6. The molecule has 0 bridgehead atoms. The maximum atomic E-state index is 12.9. The zero-order valence-electron chi connectivity index (χ0n) is 30.2. The van der Waals surface area contributed by atoms with E-state index in [0.29, 0.717) is 49.0 Å². The lowest BCUT2D eigenvalue weighted by molar-refractivity contribution is -0.0384. The largest absolute Gasteiger partial charge is 0.508 e. The van der Waals surface area contributed by atoms with Crippen molar-refractivity contribution in [2.75, 3.05) is 36.5 Å². The maximum Gasteiger partial charge on any atom is 0.315 e. The molecular formula is C38H42N12O6. The Morgan fingerprint density at radius 3 is 2.46 bits per heavy atom. The highest BCUT2D eigenvalue weighted by Gasteiger charge is 2.47. The average Bonchev–Trinajstić information content (AvgIpc) is 4.03. The monoisotopic (exact) mass is 762 g/mol. The van der Waals surface area contributed by atoms with Crippen LogP contribution in [0.1, 0.15) is 47.2 Å². The first-order valence-electron chi connectivity index (χ1n) is 18.4. The van der Waals surface area contributed by atoms with E-state index < -0.39 is 24.5 Å². The molecule has 56 heavy (non-hydrogen) atoms. The molecule has 1 unspecified atom stereocenters. The summed E-state index contributed by atoms with van der Waals surface area (Å²) in [5.74, 6) is 0.988. The first-order chi connectivity index (χ1) is 27.3. The first kappa shape index (κ1) is 36.8. The van der Waals surface area contributed by atoms with E-state index in [4.69, 9.17) is 14.7 Å². The number of anilines is 2. The van der Waals surface area contributed by atoms with Gasteiger partial charge in [0, 0.05) is 38.1 Å². The number of aromatic nitrogens is 8. The highest BCUT2D eigenvalue weighted by Crippen LogP contribution is 2.39. The molecule has 2 saturated heterocycles. The number of rotatable bonds is 13. The molecule has 3 aromatic carbocycles. The molecule has 2 amide bonds. The zero-order valence-corrected chi connectivity index (χ0v) is 30.2. The Morgan fingerprint density at radius 1 is 0.964 bits per heavy atom. The molecule has 6 aromatic rings. The second-order valence-electron chi connectivity index (χ2n) is 13.8. The predicted molar refractivity (Wildman–Crippen MR) is 202 cm³/mol. The topological polar surface area (TPSA) is 234 Å². The molecule has 0 spiro atoms. The second kappa shape index (κ2) is 16.3. The Labute approximate surface area is 320 Å². The summed E-state index contributed by atoms with van der Waals surface area (Å²) in [6, 6.07) is 26.5. The number of hydrogen-bond donors (Lipinski definition) is 7.